The number of hydrogen-bond donors (Lipinski definition) is 3. The molecular formula is C39H45N9O3. The molecule has 7 heterocycles. The maximum absolute atomic E-state index is 14.0. The molecular weight excluding hydrogens is 642 g/mol. The van der Waals surface area contributed by atoms with Crippen LogP contribution in [0, 0.1) is 5.92 Å². The Balaban J connectivity index is 1.07. The zero-order chi connectivity index (χ0) is 35.0. The first kappa shape index (κ1) is 32.0. The number of urea groups is 1. The van der Waals surface area contributed by atoms with Gasteiger partial charge in [-0.05, 0) is 101 Å². The monoisotopic (exact) mass is 687 g/mol. The van der Waals surface area contributed by atoms with E-state index in [0.29, 0.717) is 28.9 Å². The molecule has 2 bridgehead atoms. The van der Waals surface area contributed by atoms with Gasteiger partial charge in [-0.1, -0.05) is 6.07 Å². The maximum Gasteiger partial charge on any atom is 0.315 e. The summed E-state index contributed by atoms with van der Waals surface area (Å²) >= 11 is 0. The van der Waals surface area contributed by atoms with Crippen LogP contribution in [0.15, 0.2) is 54.9 Å². The smallest absolute Gasteiger partial charge is 0.315 e. The molecule has 2 saturated heterocycles. The number of aromatic nitrogens is 5. The van der Waals surface area contributed by atoms with Gasteiger partial charge in [0.25, 0.3) is 5.91 Å². The average molecular weight is 688 g/mol. The summed E-state index contributed by atoms with van der Waals surface area (Å²) in [5, 5.41) is 7.11. The number of imidazole rings is 1. The second-order valence-electron chi connectivity index (χ2n) is 15.1. The Morgan fingerprint density at radius 3 is 2.51 bits per heavy atom. The molecule has 0 spiro atoms. The molecule has 51 heavy (non-hydrogen) atoms. The van der Waals surface area contributed by atoms with Gasteiger partial charge in [-0.3, -0.25) is 14.2 Å². The number of hydrogen-bond acceptors (Lipinski definition) is 7. The van der Waals surface area contributed by atoms with E-state index in [4.69, 9.17) is 20.4 Å². The molecule has 4 N–H and O–H groups in total. The van der Waals surface area contributed by atoms with Gasteiger partial charge in [0.2, 0.25) is 0 Å². The maximum atomic E-state index is 14.0. The van der Waals surface area contributed by atoms with Crippen LogP contribution in [0.4, 0.5) is 4.79 Å². The molecule has 5 aromatic heterocycles. The molecule has 5 atom stereocenters. The lowest BCUT2D eigenvalue weighted by Crippen LogP contribution is -2.40. The number of ether oxygens (including phenoxy) is 1. The Labute approximate surface area is 296 Å². The zero-order valence-corrected chi connectivity index (χ0v) is 29.4. The summed E-state index contributed by atoms with van der Waals surface area (Å²) in [6, 6.07) is 13.5. The first-order valence-corrected chi connectivity index (χ1v) is 18.4. The Morgan fingerprint density at radius 1 is 1.00 bits per heavy atom. The highest BCUT2D eigenvalue weighted by atomic mass is 16.5. The van der Waals surface area contributed by atoms with Crippen molar-refractivity contribution in [3.05, 3.63) is 77.4 Å². The van der Waals surface area contributed by atoms with Gasteiger partial charge in [0.1, 0.15) is 17.0 Å². The second-order valence-corrected chi connectivity index (χ2v) is 15.1. The first-order valence-electron chi connectivity index (χ1n) is 18.4. The molecule has 0 unspecified atom stereocenters. The van der Waals surface area contributed by atoms with Gasteiger partial charge in [-0.2, -0.15) is 0 Å². The van der Waals surface area contributed by atoms with E-state index in [9.17, 15) is 9.59 Å². The number of nitrogens with one attached hydrogen (secondary N) is 2. The van der Waals surface area contributed by atoms with Crippen LogP contribution in [-0.4, -0.2) is 66.0 Å². The summed E-state index contributed by atoms with van der Waals surface area (Å²) in [5.41, 5.74) is 13.4. The minimum atomic E-state index is -0.318. The fraction of sp³-hybridized carbons (Fsp3) is 0.462. The molecule has 2 aliphatic carbocycles. The van der Waals surface area contributed by atoms with Crippen molar-refractivity contribution >= 4 is 28.6 Å². The van der Waals surface area contributed by atoms with Crippen molar-refractivity contribution in [2.75, 3.05) is 7.11 Å². The van der Waals surface area contributed by atoms with Crippen LogP contribution >= 0.6 is 0 Å². The number of rotatable bonds is 10. The molecule has 12 heteroatoms. The van der Waals surface area contributed by atoms with Gasteiger partial charge in [-0.15, -0.1) is 0 Å². The third kappa shape index (κ3) is 5.69. The van der Waals surface area contributed by atoms with Gasteiger partial charge in [-0.25, -0.2) is 14.8 Å². The molecule has 0 radical (unpaired) electrons. The molecule has 0 aromatic carbocycles. The van der Waals surface area contributed by atoms with E-state index in [-0.39, 0.29) is 42.1 Å². The molecule has 3 amide bonds. The van der Waals surface area contributed by atoms with E-state index < -0.39 is 0 Å². The summed E-state index contributed by atoms with van der Waals surface area (Å²) in [5.74, 6) is 1.57. The van der Waals surface area contributed by atoms with Crippen molar-refractivity contribution in [2.45, 2.75) is 101 Å². The van der Waals surface area contributed by atoms with E-state index in [0.717, 1.165) is 78.0 Å². The lowest BCUT2D eigenvalue weighted by atomic mass is 9.97. The quantitative estimate of drug-likeness (QED) is 0.167. The Bertz CT molecular complexity index is 2150. The van der Waals surface area contributed by atoms with Gasteiger partial charge >= 0.3 is 6.03 Å². The lowest BCUT2D eigenvalue weighted by molar-refractivity contribution is 0.0726. The number of carbonyl (C=O) groups excluding carboxylic acids is 2. The molecule has 264 valence electrons. The molecule has 4 fully saturated rings. The number of carbonyl (C=O) groups is 2. The van der Waals surface area contributed by atoms with E-state index >= 15 is 0 Å². The van der Waals surface area contributed by atoms with Crippen LogP contribution in [0.25, 0.3) is 28.1 Å². The standard InChI is InChI=1S/C39H45N9O3/c1-21(26-5-4-14-41-19-26)42-39(50)43-22(2)30-12-10-25-15-32(46(37(25)44-30)20-23-6-7-23)35-36(24-8-9-24)48-33(45-35)16-27(17-34(48)51-3)38(49)47-28-11-13-31(47)29(40)18-28/h4-5,10,12,14-17,19,21-24,28-29,31H,6-9,11,13,18,20,40H2,1-3H3,(H2,42,43,50)/t21-,22+,28-,29+,31+/m0/s1. The number of nitrogens with two attached hydrogens (primary N) is 1. The number of fused-ring (bicyclic) bond motifs is 4. The molecule has 5 aromatic rings. The first-order chi connectivity index (χ1) is 24.8. The number of methoxy groups -OCH3 is 1. The van der Waals surface area contributed by atoms with E-state index in [2.05, 4.69) is 36.7 Å². The van der Waals surface area contributed by atoms with Crippen LogP contribution in [0.1, 0.15) is 104 Å². The summed E-state index contributed by atoms with van der Waals surface area (Å²) in [6.45, 7) is 4.74. The molecule has 2 saturated carbocycles. The number of amides is 3. The molecule has 2 aliphatic heterocycles. The normalized spacial score (nSPS) is 22.4. The van der Waals surface area contributed by atoms with Gasteiger partial charge in [0, 0.05) is 60.0 Å². The van der Waals surface area contributed by atoms with Crippen LogP contribution in [0.3, 0.4) is 0 Å². The predicted octanol–water partition coefficient (Wildman–Crippen LogP) is 5.87. The van der Waals surface area contributed by atoms with Gasteiger partial charge < -0.3 is 30.6 Å². The fourth-order valence-corrected chi connectivity index (χ4v) is 8.40. The number of pyridine rings is 3. The van der Waals surface area contributed by atoms with Crippen LogP contribution < -0.4 is 21.1 Å². The van der Waals surface area contributed by atoms with E-state index in [1.807, 2.05) is 49.1 Å². The fourth-order valence-electron chi connectivity index (χ4n) is 8.40. The third-order valence-corrected chi connectivity index (χ3v) is 11.4. The second kappa shape index (κ2) is 12.4. The SMILES string of the molecule is COc1cc(C(=O)N2[C@H]3CC[C@@H]2[C@H](N)C3)cc2nc(-c3cc4ccc([C@@H](C)NC(=O)N[C@@H](C)c5cccnc5)nc4n3CC3CC3)c(C3CC3)n12. The Morgan fingerprint density at radius 2 is 1.82 bits per heavy atom. The minimum absolute atomic E-state index is 0.0105. The highest BCUT2D eigenvalue weighted by molar-refractivity contribution is 5.97. The summed E-state index contributed by atoms with van der Waals surface area (Å²) in [4.78, 5) is 43.6. The zero-order valence-electron chi connectivity index (χ0n) is 29.4. The van der Waals surface area contributed by atoms with E-state index in [1.54, 1.807) is 19.5 Å². The van der Waals surface area contributed by atoms with E-state index in [1.165, 1.54) is 12.8 Å². The predicted molar refractivity (Wildman–Crippen MR) is 193 cm³/mol. The summed E-state index contributed by atoms with van der Waals surface area (Å²) in [6.07, 6.45) is 10.9. The van der Waals surface area contributed by atoms with Crippen molar-refractivity contribution in [2.24, 2.45) is 11.7 Å². The molecule has 12 nitrogen and oxygen atoms in total. The Hall–Kier alpha value is -4.97. The van der Waals surface area contributed by atoms with Crippen molar-refractivity contribution in [1.29, 1.82) is 0 Å². The van der Waals surface area contributed by atoms with Crippen molar-refractivity contribution in [3.8, 4) is 17.3 Å². The highest BCUT2D eigenvalue weighted by Crippen LogP contribution is 2.47. The Kier molecular flexibility index (Phi) is 7.75. The van der Waals surface area contributed by atoms with Crippen molar-refractivity contribution in [3.63, 3.8) is 0 Å². The molecule has 9 rings (SSSR count). The van der Waals surface area contributed by atoms with Gasteiger partial charge in [0.15, 0.2) is 5.88 Å². The number of nitrogens with zero attached hydrogens (tertiary/aromatic N) is 6. The summed E-state index contributed by atoms with van der Waals surface area (Å²) in [7, 11) is 1.67. The largest absolute Gasteiger partial charge is 0.482 e. The van der Waals surface area contributed by atoms with Crippen molar-refractivity contribution < 1.29 is 14.3 Å². The average Bonchev–Trinajstić information content (AvgIpc) is 4.01. The van der Waals surface area contributed by atoms with Crippen LogP contribution in [0.5, 0.6) is 5.88 Å². The topological polar surface area (TPSA) is 145 Å². The van der Waals surface area contributed by atoms with Crippen molar-refractivity contribution in [1.82, 2.24) is 39.5 Å². The summed E-state index contributed by atoms with van der Waals surface area (Å²) < 4.78 is 10.4. The van der Waals surface area contributed by atoms with Crippen LogP contribution in [-0.2, 0) is 6.54 Å². The highest BCUT2D eigenvalue weighted by Gasteiger charge is 2.47. The lowest BCUT2D eigenvalue weighted by Gasteiger charge is -2.23. The van der Waals surface area contributed by atoms with Crippen LogP contribution in [0.2, 0.25) is 0 Å². The third-order valence-electron chi connectivity index (χ3n) is 11.4. The minimum Gasteiger partial charge on any atom is -0.482 e. The molecule has 4 aliphatic rings. The van der Waals surface area contributed by atoms with Gasteiger partial charge in [0.05, 0.1) is 36.3 Å².